The number of rotatable bonds is 3. The van der Waals surface area contributed by atoms with E-state index in [0.717, 1.165) is 5.69 Å². The molecule has 6 aromatic carbocycles. The van der Waals surface area contributed by atoms with Gasteiger partial charge in [0.15, 0.2) is 0 Å². The monoisotopic (exact) mass is 523 g/mol. The van der Waals surface area contributed by atoms with E-state index in [0.29, 0.717) is 0 Å². The van der Waals surface area contributed by atoms with Crippen LogP contribution < -0.4 is 0 Å². The summed E-state index contributed by atoms with van der Waals surface area (Å²) >= 11 is 0. The number of imidazole rings is 1. The van der Waals surface area contributed by atoms with Gasteiger partial charge in [0.1, 0.15) is 5.65 Å². The first-order valence-electron chi connectivity index (χ1n) is 14.1. The van der Waals surface area contributed by atoms with E-state index in [1.807, 2.05) is 0 Å². The van der Waals surface area contributed by atoms with E-state index in [9.17, 15) is 0 Å². The Bertz CT molecular complexity index is 2390. The van der Waals surface area contributed by atoms with Gasteiger partial charge in [0, 0.05) is 33.1 Å². The van der Waals surface area contributed by atoms with Crippen molar-refractivity contribution >= 4 is 49.4 Å². The van der Waals surface area contributed by atoms with E-state index in [2.05, 4.69) is 165 Å². The smallest absolute Gasteiger partial charge is 0.131 e. The largest absolute Gasteiger partial charge is 0.309 e. The zero-order valence-corrected chi connectivity index (χ0v) is 22.3. The van der Waals surface area contributed by atoms with Gasteiger partial charge in [0.2, 0.25) is 0 Å². The van der Waals surface area contributed by atoms with Gasteiger partial charge in [-0.25, -0.2) is 0 Å². The molecule has 41 heavy (non-hydrogen) atoms. The van der Waals surface area contributed by atoms with Gasteiger partial charge in [-0.2, -0.15) is 0 Å². The van der Waals surface area contributed by atoms with E-state index in [1.165, 1.54) is 66.2 Å². The van der Waals surface area contributed by atoms with Crippen molar-refractivity contribution in [1.82, 2.24) is 13.5 Å². The first-order valence-corrected chi connectivity index (χ1v) is 14.1. The minimum Gasteiger partial charge on any atom is -0.309 e. The van der Waals surface area contributed by atoms with E-state index in [-0.39, 0.29) is 0 Å². The van der Waals surface area contributed by atoms with Gasteiger partial charge >= 0.3 is 0 Å². The zero-order chi connectivity index (χ0) is 26.9. The molecule has 0 N–H and O–H groups in total. The molecule has 0 unspecified atom stereocenters. The minimum atomic E-state index is 1.16. The molecule has 0 fully saturated rings. The van der Waals surface area contributed by atoms with Crippen LogP contribution in [-0.2, 0) is 0 Å². The van der Waals surface area contributed by atoms with Crippen LogP contribution in [-0.4, -0.2) is 13.5 Å². The van der Waals surface area contributed by atoms with Gasteiger partial charge < -0.3 is 4.57 Å². The molecule has 0 aliphatic rings. The fraction of sp³-hybridized carbons (Fsp3) is 0. The normalized spacial score (nSPS) is 11.9. The lowest BCUT2D eigenvalue weighted by Gasteiger charge is -2.09. The van der Waals surface area contributed by atoms with Crippen molar-refractivity contribution in [1.29, 1.82) is 0 Å². The van der Waals surface area contributed by atoms with Crippen molar-refractivity contribution in [3.63, 3.8) is 0 Å². The fourth-order valence-corrected chi connectivity index (χ4v) is 6.73. The van der Waals surface area contributed by atoms with Crippen LogP contribution in [0.4, 0.5) is 0 Å². The standard InChI is InChI=1S/C38H25N3/c1-4-14-26(15-5-1)37-31-24-30-29-20-10-11-21-32(29)39(27-16-6-2-7-17-27)35(30)25-36(31)41-34-23-13-12-22-33(34)40(38(37)41)28-18-8-3-9-19-28/h1-25H. The Hall–Kier alpha value is -5.54. The van der Waals surface area contributed by atoms with Crippen molar-refractivity contribution in [3.05, 3.63) is 152 Å². The summed E-state index contributed by atoms with van der Waals surface area (Å²) in [6.45, 7) is 0. The van der Waals surface area contributed by atoms with Crippen LogP contribution in [0.2, 0.25) is 0 Å². The van der Waals surface area contributed by atoms with Crippen LogP contribution >= 0.6 is 0 Å². The third kappa shape index (κ3) is 3.09. The first kappa shape index (κ1) is 22.3. The maximum absolute atomic E-state index is 2.46. The topological polar surface area (TPSA) is 14.3 Å². The summed E-state index contributed by atoms with van der Waals surface area (Å²) in [5.41, 5.74) is 12.0. The highest BCUT2D eigenvalue weighted by atomic mass is 15.1. The number of nitrogens with zero attached hydrogens (tertiary/aromatic N) is 3. The Balaban J connectivity index is 1.55. The fourth-order valence-electron chi connectivity index (χ4n) is 6.73. The average Bonchev–Trinajstić information content (AvgIpc) is 3.66. The van der Waals surface area contributed by atoms with Crippen molar-refractivity contribution < 1.29 is 0 Å². The number of benzene rings is 6. The SMILES string of the molecule is c1ccc(-c2c3cc4c5ccccc5n(-c5ccccc5)c4cc3n3c4ccccc4n(-c4ccccc4)c23)cc1. The number of aromatic nitrogens is 3. The molecule has 0 aliphatic heterocycles. The molecule has 0 saturated carbocycles. The number of hydrogen-bond donors (Lipinski definition) is 0. The molecule has 0 bridgehead atoms. The molecule has 0 amide bonds. The zero-order valence-electron chi connectivity index (χ0n) is 22.3. The summed E-state index contributed by atoms with van der Waals surface area (Å²) in [5.74, 6) is 0. The first-order chi connectivity index (χ1) is 20.4. The van der Waals surface area contributed by atoms with Gasteiger partial charge in [-0.15, -0.1) is 0 Å². The molecule has 0 radical (unpaired) electrons. The Kier molecular flexibility index (Phi) is 4.61. The van der Waals surface area contributed by atoms with Crippen LogP contribution in [0.3, 0.4) is 0 Å². The molecule has 9 rings (SSSR count). The lowest BCUT2D eigenvalue weighted by Crippen LogP contribution is -1.94. The molecule has 3 aromatic heterocycles. The van der Waals surface area contributed by atoms with Gasteiger partial charge in [0.25, 0.3) is 0 Å². The molecule has 3 nitrogen and oxygen atoms in total. The molecular weight excluding hydrogens is 498 g/mol. The lowest BCUT2D eigenvalue weighted by molar-refractivity contribution is 1.15. The second-order valence-corrected chi connectivity index (χ2v) is 10.6. The summed E-state index contributed by atoms with van der Waals surface area (Å²) in [7, 11) is 0. The van der Waals surface area contributed by atoms with Crippen molar-refractivity contribution in [2.75, 3.05) is 0 Å². The molecule has 0 atom stereocenters. The van der Waals surface area contributed by atoms with Crippen LogP contribution in [0.15, 0.2) is 152 Å². The maximum Gasteiger partial charge on any atom is 0.131 e. The van der Waals surface area contributed by atoms with Crippen LogP contribution in [0.25, 0.3) is 71.9 Å². The predicted octanol–water partition coefficient (Wildman–Crippen LogP) is 9.80. The molecule has 0 aliphatic carbocycles. The molecule has 3 heteroatoms. The molecule has 0 saturated heterocycles. The van der Waals surface area contributed by atoms with E-state index >= 15 is 0 Å². The van der Waals surface area contributed by atoms with Crippen LogP contribution in [0, 0.1) is 0 Å². The van der Waals surface area contributed by atoms with Crippen molar-refractivity contribution in [2.45, 2.75) is 0 Å². The summed E-state index contributed by atoms with van der Waals surface area (Å²) in [4.78, 5) is 0. The third-order valence-electron chi connectivity index (χ3n) is 8.40. The van der Waals surface area contributed by atoms with Crippen molar-refractivity contribution in [3.8, 4) is 22.5 Å². The number of fused-ring (bicyclic) bond motifs is 8. The van der Waals surface area contributed by atoms with Crippen LogP contribution in [0.5, 0.6) is 0 Å². The highest BCUT2D eigenvalue weighted by Gasteiger charge is 2.24. The number of hydrogen-bond acceptors (Lipinski definition) is 0. The van der Waals surface area contributed by atoms with Gasteiger partial charge in [-0.1, -0.05) is 97.1 Å². The second kappa shape index (κ2) is 8.48. The minimum absolute atomic E-state index is 1.16. The molecular formula is C38H25N3. The third-order valence-corrected chi connectivity index (χ3v) is 8.40. The highest BCUT2D eigenvalue weighted by Crippen LogP contribution is 2.44. The van der Waals surface area contributed by atoms with E-state index in [4.69, 9.17) is 0 Å². The Morgan fingerprint density at radius 2 is 0.902 bits per heavy atom. The lowest BCUT2D eigenvalue weighted by atomic mass is 10.0. The summed E-state index contributed by atoms with van der Waals surface area (Å²) in [6, 6.07) is 54.6. The Labute approximate surface area is 236 Å². The van der Waals surface area contributed by atoms with Gasteiger partial charge in [-0.05, 0) is 60.2 Å². The maximum atomic E-state index is 2.46. The van der Waals surface area contributed by atoms with Gasteiger partial charge in [-0.3, -0.25) is 8.97 Å². The van der Waals surface area contributed by atoms with E-state index in [1.54, 1.807) is 0 Å². The molecule has 192 valence electrons. The summed E-state index contributed by atoms with van der Waals surface area (Å²) in [6.07, 6.45) is 0. The Morgan fingerprint density at radius 1 is 0.341 bits per heavy atom. The van der Waals surface area contributed by atoms with Gasteiger partial charge in [0.05, 0.1) is 27.6 Å². The van der Waals surface area contributed by atoms with Crippen LogP contribution in [0.1, 0.15) is 0 Å². The Morgan fingerprint density at radius 3 is 1.61 bits per heavy atom. The highest BCUT2D eigenvalue weighted by molar-refractivity contribution is 6.18. The molecule has 3 heterocycles. The molecule has 0 spiro atoms. The molecule has 9 aromatic rings. The average molecular weight is 524 g/mol. The second-order valence-electron chi connectivity index (χ2n) is 10.6. The van der Waals surface area contributed by atoms with Crippen molar-refractivity contribution in [2.24, 2.45) is 0 Å². The quantitative estimate of drug-likeness (QED) is 0.219. The number of para-hydroxylation sites is 5. The van der Waals surface area contributed by atoms with E-state index < -0.39 is 0 Å². The predicted molar refractivity (Wildman–Crippen MR) is 172 cm³/mol. The summed E-state index contributed by atoms with van der Waals surface area (Å²) < 4.78 is 7.29. The summed E-state index contributed by atoms with van der Waals surface area (Å²) in [5, 5.41) is 3.78.